The van der Waals surface area contributed by atoms with E-state index < -0.39 is 32.1 Å². The van der Waals surface area contributed by atoms with Gasteiger partial charge in [0, 0.05) is 35.3 Å². The smallest absolute Gasteiger partial charge is 0.351 e. The average Bonchev–Trinajstić information content (AvgIpc) is 3.64. The first-order valence-corrected chi connectivity index (χ1v) is 21.4. The second kappa shape index (κ2) is 18.5. The van der Waals surface area contributed by atoms with Gasteiger partial charge in [-0.1, -0.05) is 109 Å². The van der Waals surface area contributed by atoms with Crippen LogP contribution in [0.3, 0.4) is 0 Å². The van der Waals surface area contributed by atoms with Crippen molar-refractivity contribution in [1.82, 2.24) is 19.5 Å². The molecule has 7 rings (SSSR count). The number of benzene rings is 4. The molecular formula is C47H53N6O5P. The van der Waals surface area contributed by atoms with Crippen molar-refractivity contribution in [3.63, 3.8) is 0 Å². The summed E-state index contributed by atoms with van der Waals surface area (Å²) >= 11 is 0. The van der Waals surface area contributed by atoms with Crippen LogP contribution in [0.5, 0.6) is 0 Å². The van der Waals surface area contributed by atoms with E-state index in [1.54, 1.807) is 36.5 Å². The third-order valence-corrected chi connectivity index (χ3v) is 13.5. The molecule has 2 aliphatic rings. The Hall–Kier alpha value is -5.05. The molecule has 3 heterocycles. The number of nitrogens with zero attached hydrogens (tertiary/aromatic N) is 4. The quantitative estimate of drug-likeness (QED) is 0.0605. The first kappa shape index (κ1) is 42.1. The molecule has 0 bridgehead atoms. The Morgan fingerprint density at radius 2 is 1.39 bits per heavy atom. The van der Waals surface area contributed by atoms with Crippen LogP contribution in [0, 0.1) is 11.3 Å². The summed E-state index contributed by atoms with van der Waals surface area (Å²) in [4.78, 5) is 30.9. The molecular weight excluding hydrogens is 760 g/mol. The van der Waals surface area contributed by atoms with Crippen LogP contribution in [0.1, 0.15) is 93.1 Å². The molecule has 2 aliphatic heterocycles. The van der Waals surface area contributed by atoms with Crippen molar-refractivity contribution in [2.24, 2.45) is 0 Å². The van der Waals surface area contributed by atoms with Crippen LogP contribution >= 0.6 is 8.53 Å². The third-order valence-electron chi connectivity index (χ3n) is 11.3. The molecule has 0 radical (unpaired) electrons. The van der Waals surface area contributed by atoms with E-state index in [2.05, 4.69) is 90.5 Å². The van der Waals surface area contributed by atoms with Crippen molar-refractivity contribution in [3.05, 3.63) is 166 Å². The highest BCUT2D eigenvalue weighted by molar-refractivity contribution is 7.44. The zero-order chi connectivity index (χ0) is 41.5. The number of piperidine rings is 1. The highest BCUT2D eigenvalue weighted by Gasteiger charge is 2.49. The topological polar surface area (TPSA) is 131 Å². The van der Waals surface area contributed by atoms with E-state index in [1.165, 1.54) is 4.57 Å². The molecule has 11 nitrogen and oxygen atoms in total. The number of nitriles is 1. The maximum Gasteiger partial charge on any atom is 0.351 e. The summed E-state index contributed by atoms with van der Waals surface area (Å²) < 4.78 is 24.1. The Labute approximate surface area is 348 Å². The number of anilines is 1. The Balaban J connectivity index is 1.26. The van der Waals surface area contributed by atoms with Crippen LogP contribution in [-0.2, 0) is 19.3 Å². The molecule has 2 saturated heterocycles. The molecule has 306 valence electrons. The molecule has 59 heavy (non-hydrogen) atoms. The number of nitrogens with one attached hydrogen (secondary N) is 2. The summed E-state index contributed by atoms with van der Waals surface area (Å²) in [5.74, 6) is -0.211. The minimum atomic E-state index is -1.62. The maximum atomic E-state index is 13.8. The minimum absolute atomic E-state index is 0.149. The van der Waals surface area contributed by atoms with Gasteiger partial charge in [-0.2, -0.15) is 10.2 Å². The normalized spacial score (nSPS) is 20.7. The van der Waals surface area contributed by atoms with E-state index in [1.807, 2.05) is 60.7 Å². The maximum absolute atomic E-state index is 13.8. The number of carbonyl (C=O) groups excluding carboxylic acids is 1. The summed E-state index contributed by atoms with van der Waals surface area (Å²) in [6, 6.07) is 43.4. The van der Waals surface area contributed by atoms with E-state index in [4.69, 9.17) is 13.8 Å². The Morgan fingerprint density at radius 3 is 1.92 bits per heavy atom. The standard InChI is InChI=1S/C47H53N6O5P/c1-45(2)28-17-29-46(3,4)53(45)59(56-32-18-30-48)57-34-40-39(33-42(58-40)52-31-27-41(50-44(52)55)49-43(54)35-19-9-5-10-20-35)51-47(36-21-11-6-12-22-36,37-23-13-7-14-24-37)38-25-15-8-16-26-38/h5-16,19-27,31,39-40,42,51H,17-18,28-29,32-34H2,1-4H3,(H,49,50,54,55)/t39-,40+,42+,59?/m0/s1. The SMILES string of the molecule is CC1(C)CCCC(C)(C)N1P(OCCC#N)OC[C@H]1O[C@@H](n2ccc(NC(=O)c3ccccc3)nc2=O)C[C@@H]1NC(c1ccccc1)(c1ccccc1)c1ccccc1. The monoisotopic (exact) mass is 812 g/mol. The van der Waals surface area contributed by atoms with Gasteiger partial charge in [-0.3, -0.25) is 14.7 Å². The molecule has 0 saturated carbocycles. The summed E-state index contributed by atoms with van der Waals surface area (Å²) in [6.45, 7) is 9.31. The number of rotatable bonds is 15. The minimum Gasteiger partial charge on any atom is -0.351 e. The van der Waals surface area contributed by atoms with E-state index >= 15 is 0 Å². The van der Waals surface area contributed by atoms with Gasteiger partial charge in [0.15, 0.2) is 0 Å². The van der Waals surface area contributed by atoms with Crippen molar-refractivity contribution in [2.75, 3.05) is 18.5 Å². The zero-order valence-electron chi connectivity index (χ0n) is 34.2. The van der Waals surface area contributed by atoms with E-state index in [0.29, 0.717) is 12.0 Å². The van der Waals surface area contributed by atoms with Gasteiger partial charge >= 0.3 is 5.69 Å². The van der Waals surface area contributed by atoms with Crippen LogP contribution in [-0.4, -0.2) is 56.6 Å². The van der Waals surface area contributed by atoms with Crippen molar-refractivity contribution in [2.45, 2.75) is 94.8 Å². The van der Waals surface area contributed by atoms with Gasteiger partial charge in [0.25, 0.3) is 14.4 Å². The first-order valence-electron chi connectivity index (χ1n) is 20.3. The predicted molar refractivity (Wildman–Crippen MR) is 230 cm³/mol. The molecule has 4 aromatic carbocycles. The zero-order valence-corrected chi connectivity index (χ0v) is 35.1. The molecule has 0 aliphatic carbocycles. The van der Waals surface area contributed by atoms with Gasteiger partial charge in [-0.05, 0) is 81.8 Å². The van der Waals surface area contributed by atoms with Crippen molar-refractivity contribution in [1.29, 1.82) is 5.26 Å². The summed E-state index contributed by atoms with van der Waals surface area (Å²) in [6.07, 6.45) is 4.05. The number of amides is 1. The Morgan fingerprint density at radius 1 is 0.847 bits per heavy atom. The van der Waals surface area contributed by atoms with Gasteiger partial charge in [0.2, 0.25) is 0 Å². The molecule has 2 N–H and O–H groups in total. The van der Waals surface area contributed by atoms with Gasteiger partial charge < -0.3 is 19.1 Å². The third kappa shape index (κ3) is 9.40. The summed E-state index contributed by atoms with van der Waals surface area (Å²) in [5.41, 5.74) is 1.77. The van der Waals surface area contributed by atoms with E-state index in [-0.39, 0.29) is 48.5 Å². The second-order valence-electron chi connectivity index (χ2n) is 16.4. The number of aromatic nitrogens is 2. The molecule has 1 amide bonds. The fraction of sp³-hybridized carbons (Fsp3) is 0.362. The molecule has 5 aromatic rings. The predicted octanol–water partition coefficient (Wildman–Crippen LogP) is 8.95. The van der Waals surface area contributed by atoms with Crippen molar-refractivity contribution in [3.8, 4) is 6.07 Å². The fourth-order valence-corrected chi connectivity index (χ4v) is 10.6. The summed E-state index contributed by atoms with van der Waals surface area (Å²) in [5, 5.41) is 16.3. The molecule has 1 aromatic heterocycles. The van der Waals surface area contributed by atoms with Crippen molar-refractivity contribution < 1.29 is 18.6 Å². The van der Waals surface area contributed by atoms with Gasteiger partial charge in [-0.15, -0.1) is 0 Å². The second-order valence-corrected chi connectivity index (χ2v) is 17.7. The Bertz CT molecular complexity index is 2140. The van der Waals surface area contributed by atoms with Crippen LogP contribution in [0.25, 0.3) is 0 Å². The van der Waals surface area contributed by atoms with Crippen molar-refractivity contribution >= 4 is 20.3 Å². The Kier molecular flexibility index (Phi) is 13.2. The van der Waals surface area contributed by atoms with Crippen LogP contribution in [0.15, 0.2) is 138 Å². The molecule has 0 spiro atoms. The molecule has 1 unspecified atom stereocenters. The number of ether oxygens (including phenoxy) is 1. The van der Waals surface area contributed by atoms with Gasteiger partial charge in [-0.25, -0.2) is 9.46 Å². The van der Waals surface area contributed by atoms with Crippen LogP contribution in [0.2, 0.25) is 0 Å². The lowest BCUT2D eigenvalue weighted by Crippen LogP contribution is -2.56. The lowest BCUT2D eigenvalue weighted by atomic mass is 9.76. The van der Waals surface area contributed by atoms with Gasteiger partial charge in [0.1, 0.15) is 12.0 Å². The highest BCUT2D eigenvalue weighted by atomic mass is 31.2. The van der Waals surface area contributed by atoms with Crippen LogP contribution < -0.4 is 16.3 Å². The number of carbonyl (C=O) groups is 1. The van der Waals surface area contributed by atoms with E-state index in [0.717, 1.165) is 36.0 Å². The highest BCUT2D eigenvalue weighted by Crippen LogP contribution is 2.56. The number of hydrogen-bond acceptors (Lipinski definition) is 9. The fourth-order valence-electron chi connectivity index (χ4n) is 8.67. The lowest BCUT2D eigenvalue weighted by Gasteiger charge is -2.54. The molecule has 2 fully saturated rings. The number of hydrogen-bond donors (Lipinski definition) is 2. The average molecular weight is 813 g/mol. The summed E-state index contributed by atoms with van der Waals surface area (Å²) in [7, 11) is -1.62. The molecule has 12 heteroatoms. The largest absolute Gasteiger partial charge is 0.351 e. The van der Waals surface area contributed by atoms with Gasteiger partial charge in [0.05, 0.1) is 37.3 Å². The van der Waals surface area contributed by atoms with Crippen LogP contribution in [0.4, 0.5) is 5.82 Å². The first-order chi connectivity index (χ1) is 28.5. The molecule has 4 atom stereocenters. The van der Waals surface area contributed by atoms with E-state index in [9.17, 15) is 14.9 Å². The lowest BCUT2D eigenvalue weighted by molar-refractivity contribution is -0.0335.